The maximum atomic E-state index is 4.68. The molecule has 3 rings (SSSR count). The van der Waals surface area contributed by atoms with Gasteiger partial charge in [-0.25, -0.2) is 4.99 Å². The molecule has 0 saturated carbocycles. The van der Waals surface area contributed by atoms with Gasteiger partial charge < -0.3 is 4.90 Å². The Kier molecular flexibility index (Phi) is 1.84. The van der Waals surface area contributed by atoms with E-state index in [2.05, 4.69) is 66.0 Å². The van der Waals surface area contributed by atoms with Crippen LogP contribution in [0.2, 0.25) is 0 Å². The molecule has 2 aliphatic rings. The average molecular weight is 213 g/mol. The molecule has 1 atom stereocenters. The first-order valence-corrected chi connectivity index (χ1v) is 5.57. The van der Waals surface area contributed by atoms with Crippen LogP contribution in [-0.2, 0) is 0 Å². The standard InChI is InChI=1S/C13H15N3/c1-9-8-10(2)16-12-7-5-4-6-11(12)15(3)13(16)14-9/h4-9H,1-3H3. The van der Waals surface area contributed by atoms with Gasteiger partial charge in [0, 0.05) is 12.7 Å². The number of hydrogen-bond donors (Lipinski definition) is 0. The van der Waals surface area contributed by atoms with E-state index >= 15 is 0 Å². The monoisotopic (exact) mass is 213 g/mol. The molecule has 0 aliphatic carbocycles. The van der Waals surface area contributed by atoms with Crippen LogP contribution in [0.1, 0.15) is 13.8 Å². The van der Waals surface area contributed by atoms with Gasteiger partial charge in [-0.15, -0.1) is 0 Å². The maximum Gasteiger partial charge on any atom is 0.210 e. The van der Waals surface area contributed by atoms with E-state index in [0.717, 1.165) is 5.96 Å². The topological polar surface area (TPSA) is 18.8 Å². The molecule has 2 heterocycles. The summed E-state index contributed by atoms with van der Waals surface area (Å²) in [4.78, 5) is 9.06. The van der Waals surface area contributed by atoms with Gasteiger partial charge in [0.15, 0.2) is 0 Å². The molecule has 1 aromatic rings. The van der Waals surface area contributed by atoms with Gasteiger partial charge in [0.2, 0.25) is 5.96 Å². The van der Waals surface area contributed by atoms with Gasteiger partial charge in [0.25, 0.3) is 0 Å². The highest BCUT2D eigenvalue weighted by atomic mass is 15.4. The number of rotatable bonds is 0. The molecule has 82 valence electrons. The molecule has 0 radical (unpaired) electrons. The minimum absolute atomic E-state index is 0.267. The lowest BCUT2D eigenvalue weighted by Gasteiger charge is -2.27. The number of aliphatic imine (C=N–C) groups is 1. The van der Waals surface area contributed by atoms with Gasteiger partial charge in [-0.05, 0) is 32.1 Å². The van der Waals surface area contributed by atoms with Crippen molar-refractivity contribution in [2.45, 2.75) is 19.9 Å². The van der Waals surface area contributed by atoms with Crippen LogP contribution < -0.4 is 9.80 Å². The number of fused-ring (bicyclic) bond motifs is 3. The first kappa shape index (κ1) is 9.46. The molecule has 0 saturated heterocycles. The number of para-hydroxylation sites is 2. The molecule has 16 heavy (non-hydrogen) atoms. The van der Waals surface area contributed by atoms with Crippen LogP contribution in [0.25, 0.3) is 0 Å². The Bertz CT molecular complexity index is 502. The van der Waals surface area contributed by atoms with Crippen molar-refractivity contribution in [3.05, 3.63) is 36.0 Å². The summed E-state index contributed by atoms with van der Waals surface area (Å²) in [5.41, 5.74) is 3.71. The molecule has 0 bridgehead atoms. The van der Waals surface area contributed by atoms with Crippen molar-refractivity contribution in [2.75, 3.05) is 16.8 Å². The molecule has 1 unspecified atom stereocenters. The Hall–Kier alpha value is -1.77. The van der Waals surface area contributed by atoms with Crippen LogP contribution in [0.4, 0.5) is 11.4 Å². The second kappa shape index (κ2) is 3.11. The largest absolute Gasteiger partial charge is 0.313 e. The van der Waals surface area contributed by atoms with Crippen molar-refractivity contribution >= 4 is 17.3 Å². The first-order valence-electron chi connectivity index (χ1n) is 5.57. The predicted molar refractivity (Wildman–Crippen MR) is 68.0 cm³/mol. The molecule has 0 spiro atoms. The number of anilines is 2. The SMILES string of the molecule is CC1=CC(C)N=C2N(C)c3ccccc3N12. The molecule has 0 aromatic heterocycles. The van der Waals surface area contributed by atoms with Crippen LogP contribution in [-0.4, -0.2) is 19.0 Å². The highest BCUT2D eigenvalue weighted by molar-refractivity contribution is 6.18. The minimum Gasteiger partial charge on any atom is -0.313 e. The van der Waals surface area contributed by atoms with Gasteiger partial charge in [0.05, 0.1) is 17.4 Å². The minimum atomic E-state index is 0.267. The summed E-state index contributed by atoms with van der Waals surface area (Å²) in [5, 5.41) is 0. The summed E-state index contributed by atoms with van der Waals surface area (Å²) in [6.45, 7) is 4.26. The van der Waals surface area contributed by atoms with Gasteiger partial charge in [-0.3, -0.25) is 4.90 Å². The lowest BCUT2D eigenvalue weighted by Crippen LogP contribution is -2.38. The molecule has 0 N–H and O–H groups in total. The molecular formula is C13H15N3. The molecule has 3 nitrogen and oxygen atoms in total. The number of guanidine groups is 1. The van der Waals surface area contributed by atoms with E-state index in [-0.39, 0.29) is 6.04 Å². The smallest absolute Gasteiger partial charge is 0.210 e. The van der Waals surface area contributed by atoms with Crippen molar-refractivity contribution in [1.29, 1.82) is 0 Å². The van der Waals surface area contributed by atoms with Crippen molar-refractivity contribution in [1.82, 2.24) is 0 Å². The summed E-state index contributed by atoms with van der Waals surface area (Å²) in [6, 6.07) is 8.68. The molecule has 0 amide bonds. The summed E-state index contributed by atoms with van der Waals surface area (Å²) < 4.78 is 0. The zero-order valence-corrected chi connectivity index (χ0v) is 9.81. The van der Waals surface area contributed by atoms with E-state index in [9.17, 15) is 0 Å². The maximum absolute atomic E-state index is 4.68. The normalized spacial score (nSPS) is 22.6. The fourth-order valence-corrected chi connectivity index (χ4v) is 2.44. The zero-order chi connectivity index (χ0) is 11.3. The highest BCUT2D eigenvalue weighted by Crippen LogP contribution is 2.39. The Balaban J connectivity index is 2.20. The number of allylic oxidation sites excluding steroid dienone is 1. The van der Waals surface area contributed by atoms with Crippen LogP contribution in [0.5, 0.6) is 0 Å². The van der Waals surface area contributed by atoms with Crippen molar-refractivity contribution in [3.8, 4) is 0 Å². The van der Waals surface area contributed by atoms with Crippen LogP contribution in [0.15, 0.2) is 41.0 Å². The zero-order valence-electron chi connectivity index (χ0n) is 9.81. The van der Waals surface area contributed by atoms with Crippen molar-refractivity contribution < 1.29 is 0 Å². The van der Waals surface area contributed by atoms with Crippen molar-refractivity contribution in [2.24, 2.45) is 4.99 Å². The van der Waals surface area contributed by atoms with E-state index in [1.165, 1.54) is 17.1 Å². The second-order valence-corrected chi connectivity index (χ2v) is 4.36. The van der Waals surface area contributed by atoms with Crippen LogP contribution in [0.3, 0.4) is 0 Å². The third-order valence-corrected chi connectivity index (χ3v) is 3.14. The van der Waals surface area contributed by atoms with Gasteiger partial charge in [-0.1, -0.05) is 12.1 Å². The predicted octanol–water partition coefficient (Wildman–Crippen LogP) is 2.60. The third kappa shape index (κ3) is 1.11. The lowest BCUT2D eigenvalue weighted by atomic mass is 10.2. The van der Waals surface area contributed by atoms with Gasteiger partial charge in [-0.2, -0.15) is 0 Å². The van der Waals surface area contributed by atoms with Crippen LogP contribution >= 0.6 is 0 Å². The number of hydrogen-bond acceptors (Lipinski definition) is 3. The molecule has 3 heteroatoms. The molecule has 2 aliphatic heterocycles. The Morgan fingerprint density at radius 2 is 1.88 bits per heavy atom. The van der Waals surface area contributed by atoms with Crippen LogP contribution in [0, 0.1) is 0 Å². The highest BCUT2D eigenvalue weighted by Gasteiger charge is 2.33. The fraction of sp³-hybridized carbons (Fsp3) is 0.308. The van der Waals surface area contributed by atoms with Gasteiger partial charge >= 0.3 is 0 Å². The fourth-order valence-electron chi connectivity index (χ4n) is 2.44. The summed E-state index contributed by atoms with van der Waals surface area (Å²) in [7, 11) is 2.07. The molecule has 1 aromatic carbocycles. The average Bonchev–Trinajstić information content (AvgIpc) is 2.54. The molecule has 0 fully saturated rings. The first-order chi connectivity index (χ1) is 7.68. The Morgan fingerprint density at radius 1 is 1.19 bits per heavy atom. The number of benzene rings is 1. The lowest BCUT2D eigenvalue weighted by molar-refractivity contribution is 0.873. The van der Waals surface area contributed by atoms with Gasteiger partial charge in [0.1, 0.15) is 0 Å². The number of nitrogens with zero attached hydrogens (tertiary/aromatic N) is 3. The second-order valence-electron chi connectivity index (χ2n) is 4.36. The van der Waals surface area contributed by atoms with E-state index < -0.39 is 0 Å². The third-order valence-electron chi connectivity index (χ3n) is 3.14. The Morgan fingerprint density at radius 3 is 2.62 bits per heavy atom. The Labute approximate surface area is 95.7 Å². The quantitative estimate of drug-likeness (QED) is 0.659. The summed E-state index contributed by atoms with van der Waals surface area (Å²) >= 11 is 0. The molecular weight excluding hydrogens is 198 g/mol. The van der Waals surface area contributed by atoms with E-state index in [1.807, 2.05) is 0 Å². The summed E-state index contributed by atoms with van der Waals surface area (Å²) in [5.74, 6) is 1.04. The van der Waals surface area contributed by atoms with Crippen molar-refractivity contribution in [3.63, 3.8) is 0 Å². The van der Waals surface area contributed by atoms with E-state index in [1.54, 1.807) is 0 Å². The summed E-state index contributed by atoms with van der Waals surface area (Å²) in [6.07, 6.45) is 2.19. The van der Waals surface area contributed by atoms with E-state index in [0.29, 0.717) is 0 Å². The van der Waals surface area contributed by atoms with E-state index in [4.69, 9.17) is 0 Å².